The van der Waals surface area contributed by atoms with Crippen molar-refractivity contribution in [1.29, 1.82) is 0 Å². The van der Waals surface area contributed by atoms with Gasteiger partial charge in [-0.25, -0.2) is 4.79 Å². The van der Waals surface area contributed by atoms with Crippen molar-refractivity contribution in [3.63, 3.8) is 0 Å². The Hall–Kier alpha value is -1.85. The fourth-order valence-electron chi connectivity index (χ4n) is 1.63. The fourth-order valence-corrected chi connectivity index (χ4v) is 1.63. The van der Waals surface area contributed by atoms with Crippen LogP contribution in [0.25, 0.3) is 6.08 Å². The van der Waals surface area contributed by atoms with Gasteiger partial charge in [0.15, 0.2) is 0 Å². The van der Waals surface area contributed by atoms with Crippen LogP contribution >= 0.6 is 0 Å². The third-order valence-corrected chi connectivity index (χ3v) is 2.55. The van der Waals surface area contributed by atoms with Gasteiger partial charge in [-0.05, 0) is 18.6 Å². The molecular weight excluding hydrogens is 244 g/mol. The van der Waals surface area contributed by atoms with E-state index in [1.54, 1.807) is 12.3 Å². The van der Waals surface area contributed by atoms with E-state index in [2.05, 4.69) is 5.32 Å². The Morgan fingerprint density at radius 1 is 1.32 bits per heavy atom. The van der Waals surface area contributed by atoms with Gasteiger partial charge >= 0.3 is 6.03 Å². The number of carbonyl (C=O) groups is 1. The lowest BCUT2D eigenvalue weighted by atomic mass is 10.1. The number of hydrogen-bond acceptors (Lipinski definition) is 3. The molecule has 19 heavy (non-hydrogen) atoms. The van der Waals surface area contributed by atoms with Gasteiger partial charge in [0, 0.05) is 19.3 Å². The molecule has 0 aliphatic heterocycles. The van der Waals surface area contributed by atoms with Crippen LogP contribution in [-0.2, 0) is 0 Å². The van der Waals surface area contributed by atoms with E-state index in [9.17, 15) is 4.79 Å². The predicted molar refractivity (Wildman–Crippen MR) is 74.5 cm³/mol. The molecule has 0 heterocycles. The highest BCUT2D eigenvalue weighted by molar-refractivity contribution is 5.76. The monoisotopic (exact) mass is 264 g/mol. The quantitative estimate of drug-likeness (QED) is 0.716. The number of aliphatic hydroxyl groups excluding tert-OH is 2. The van der Waals surface area contributed by atoms with Crippen molar-refractivity contribution in [2.24, 2.45) is 0 Å². The molecule has 1 rings (SSSR count). The van der Waals surface area contributed by atoms with Gasteiger partial charge in [-0.1, -0.05) is 29.8 Å². The summed E-state index contributed by atoms with van der Waals surface area (Å²) in [6.45, 7) is 2.14. The molecule has 0 aromatic heterocycles. The van der Waals surface area contributed by atoms with Crippen molar-refractivity contribution < 1.29 is 15.0 Å². The van der Waals surface area contributed by atoms with Crippen LogP contribution in [0.3, 0.4) is 0 Å². The minimum absolute atomic E-state index is 0.130. The lowest BCUT2D eigenvalue weighted by Crippen LogP contribution is -2.41. The SMILES string of the molecule is Cc1cccc(/C=C/NC(=O)N(CCO)CCO)c1. The van der Waals surface area contributed by atoms with Gasteiger partial charge in [0.1, 0.15) is 0 Å². The molecule has 0 aliphatic carbocycles. The molecule has 0 spiro atoms. The van der Waals surface area contributed by atoms with Gasteiger partial charge in [-0.15, -0.1) is 0 Å². The summed E-state index contributed by atoms with van der Waals surface area (Å²) in [5, 5.41) is 20.3. The second-order valence-corrected chi connectivity index (χ2v) is 4.13. The molecule has 3 N–H and O–H groups in total. The Labute approximate surface area is 113 Å². The van der Waals surface area contributed by atoms with E-state index in [1.807, 2.05) is 31.2 Å². The number of urea groups is 1. The highest BCUT2D eigenvalue weighted by Crippen LogP contribution is 2.05. The summed E-state index contributed by atoms with van der Waals surface area (Å²) in [7, 11) is 0. The van der Waals surface area contributed by atoms with Crippen LogP contribution in [0.5, 0.6) is 0 Å². The summed E-state index contributed by atoms with van der Waals surface area (Å²) in [6.07, 6.45) is 3.35. The van der Waals surface area contributed by atoms with Gasteiger partial charge in [-0.3, -0.25) is 0 Å². The largest absolute Gasteiger partial charge is 0.395 e. The summed E-state index contributed by atoms with van der Waals surface area (Å²) >= 11 is 0. The van der Waals surface area contributed by atoms with Gasteiger partial charge in [0.2, 0.25) is 0 Å². The Morgan fingerprint density at radius 3 is 2.58 bits per heavy atom. The van der Waals surface area contributed by atoms with E-state index in [4.69, 9.17) is 10.2 Å². The number of aliphatic hydroxyl groups is 2. The highest BCUT2D eigenvalue weighted by Gasteiger charge is 2.09. The number of rotatable bonds is 6. The zero-order valence-corrected chi connectivity index (χ0v) is 11.0. The highest BCUT2D eigenvalue weighted by atomic mass is 16.3. The number of nitrogens with one attached hydrogen (secondary N) is 1. The number of benzene rings is 1. The van der Waals surface area contributed by atoms with Crippen LogP contribution in [0.4, 0.5) is 4.79 Å². The zero-order chi connectivity index (χ0) is 14.1. The van der Waals surface area contributed by atoms with E-state index < -0.39 is 0 Å². The van der Waals surface area contributed by atoms with Gasteiger partial charge in [-0.2, -0.15) is 0 Å². The third-order valence-electron chi connectivity index (χ3n) is 2.55. The van der Waals surface area contributed by atoms with Crippen molar-refractivity contribution >= 4 is 12.1 Å². The van der Waals surface area contributed by atoms with E-state index in [1.165, 1.54) is 4.90 Å². The van der Waals surface area contributed by atoms with Gasteiger partial charge in [0.05, 0.1) is 13.2 Å². The lowest BCUT2D eigenvalue weighted by molar-refractivity contribution is 0.161. The van der Waals surface area contributed by atoms with E-state index in [-0.39, 0.29) is 32.3 Å². The molecule has 0 atom stereocenters. The van der Waals surface area contributed by atoms with E-state index in [0.29, 0.717) is 0 Å². The summed E-state index contributed by atoms with van der Waals surface area (Å²) in [6, 6.07) is 7.55. The molecule has 5 heteroatoms. The number of carbonyl (C=O) groups excluding carboxylic acids is 1. The molecule has 1 aromatic rings. The average Bonchev–Trinajstić information content (AvgIpc) is 2.38. The first-order valence-corrected chi connectivity index (χ1v) is 6.17. The number of hydrogen-bond donors (Lipinski definition) is 3. The average molecular weight is 264 g/mol. The van der Waals surface area contributed by atoms with Crippen LogP contribution in [-0.4, -0.2) is 47.4 Å². The maximum absolute atomic E-state index is 11.7. The predicted octanol–water partition coefficient (Wildman–Crippen LogP) is 0.962. The normalized spacial score (nSPS) is 10.7. The van der Waals surface area contributed by atoms with Gasteiger partial charge < -0.3 is 20.4 Å². The number of aryl methyl sites for hydroxylation is 1. The molecule has 0 radical (unpaired) electrons. The summed E-state index contributed by atoms with van der Waals surface area (Å²) < 4.78 is 0. The standard InChI is InChI=1S/C14H20N2O3/c1-12-3-2-4-13(11-12)5-6-15-14(19)16(7-9-17)8-10-18/h2-6,11,17-18H,7-10H2,1H3,(H,15,19)/b6-5+. The molecule has 5 nitrogen and oxygen atoms in total. The molecule has 0 saturated carbocycles. The Kier molecular flexibility index (Phi) is 6.63. The summed E-state index contributed by atoms with van der Waals surface area (Å²) in [4.78, 5) is 13.1. The minimum atomic E-state index is -0.341. The van der Waals surface area contributed by atoms with E-state index in [0.717, 1.165) is 11.1 Å². The van der Waals surface area contributed by atoms with Crippen LogP contribution in [0, 0.1) is 6.92 Å². The van der Waals surface area contributed by atoms with Crippen molar-refractivity contribution in [2.75, 3.05) is 26.3 Å². The van der Waals surface area contributed by atoms with Crippen molar-refractivity contribution in [3.05, 3.63) is 41.6 Å². The molecule has 104 valence electrons. The number of nitrogens with zero attached hydrogens (tertiary/aromatic N) is 1. The van der Waals surface area contributed by atoms with Crippen molar-refractivity contribution in [1.82, 2.24) is 10.2 Å². The second kappa shape index (κ2) is 8.29. The van der Waals surface area contributed by atoms with Crippen LogP contribution < -0.4 is 5.32 Å². The fraction of sp³-hybridized carbons (Fsp3) is 0.357. The van der Waals surface area contributed by atoms with E-state index >= 15 is 0 Å². The number of amides is 2. The first kappa shape index (κ1) is 15.2. The summed E-state index contributed by atoms with van der Waals surface area (Å²) in [5.74, 6) is 0. The first-order chi connectivity index (χ1) is 9.17. The molecule has 0 saturated heterocycles. The molecular formula is C14H20N2O3. The Morgan fingerprint density at radius 2 is 2.00 bits per heavy atom. The maximum Gasteiger partial charge on any atom is 0.321 e. The molecule has 0 unspecified atom stereocenters. The maximum atomic E-state index is 11.7. The molecule has 1 aromatic carbocycles. The lowest BCUT2D eigenvalue weighted by Gasteiger charge is -2.19. The van der Waals surface area contributed by atoms with Gasteiger partial charge in [0.25, 0.3) is 0 Å². The topological polar surface area (TPSA) is 72.8 Å². The zero-order valence-electron chi connectivity index (χ0n) is 11.0. The van der Waals surface area contributed by atoms with Crippen molar-refractivity contribution in [3.8, 4) is 0 Å². The molecule has 0 aliphatic rings. The minimum Gasteiger partial charge on any atom is -0.395 e. The smallest absolute Gasteiger partial charge is 0.321 e. The van der Waals surface area contributed by atoms with Crippen LogP contribution in [0.1, 0.15) is 11.1 Å². The molecule has 0 bridgehead atoms. The second-order valence-electron chi connectivity index (χ2n) is 4.13. The third kappa shape index (κ3) is 5.54. The Balaban J connectivity index is 2.52. The molecule has 2 amide bonds. The Bertz CT molecular complexity index is 426. The van der Waals surface area contributed by atoms with Crippen LogP contribution in [0.2, 0.25) is 0 Å². The first-order valence-electron chi connectivity index (χ1n) is 6.17. The summed E-state index contributed by atoms with van der Waals surface area (Å²) in [5.41, 5.74) is 2.15. The van der Waals surface area contributed by atoms with Crippen molar-refractivity contribution in [2.45, 2.75) is 6.92 Å². The van der Waals surface area contributed by atoms with Crippen LogP contribution in [0.15, 0.2) is 30.5 Å². The molecule has 0 fully saturated rings.